The van der Waals surface area contributed by atoms with Crippen LogP contribution >= 0.6 is 0 Å². The Morgan fingerprint density at radius 1 is 1.11 bits per heavy atom. The molecule has 11 nitrogen and oxygen atoms in total. The number of rotatable bonds is 12. The Labute approximate surface area is 217 Å². The van der Waals surface area contributed by atoms with Gasteiger partial charge in [-0.25, -0.2) is 18.4 Å². The van der Waals surface area contributed by atoms with Crippen LogP contribution in [-0.2, 0) is 14.8 Å². The van der Waals surface area contributed by atoms with Crippen LogP contribution in [0.25, 0.3) is 5.69 Å². The Kier molecular flexibility index (Phi) is 8.28. The van der Waals surface area contributed by atoms with Crippen molar-refractivity contribution >= 4 is 16.0 Å². The standard InChI is InChI=1S/C25H34N6O5S/c1-6-13-36-22(23-26-14-16(2)15-27-23)17(3)37(32,33)30-25-29-28-24(18-9-7-10-18)31(25)21-19(34-4)11-8-12-20(21)35-5/h8,11-12,14-15,17-18,22H,6-7,9-10,13H2,1-5H3,(H,29,30)/t17-,22+/m0/s1. The van der Waals surface area contributed by atoms with Gasteiger partial charge in [0.2, 0.25) is 16.0 Å². The highest BCUT2D eigenvalue weighted by Crippen LogP contribution is 2.42. The van der Waals surface area contributed by atoms with Gasteiger partial charge in [-0.15, -0.1) is 10.2 Å². The third-order valence-electron chi connectivity index (χ3n) is 6.49. The van der Waals surface area contributed by atoms with E-state index in [1.165, 1.54) is 0 Å². The first kappa shape index (κ1) is 26.8. The SMILES string of the molecule is CCCO[C@@H](c1ncc(C)cn1)[C@H](C)S(=O)(=O)Nc1nnc(C2CCC2)n1-c1c(OC)cccc1OC. The average Bonchev–Trinajstić information content (AvgIpc) is 3.24. The molecule has 12 heteroatoms. The van der Waals surface area contributed by atoms with Crippen molar-refractivity contribution in [3.05, 3.63) is 47.8 Å². The van der Waals surface area contributed by atoms with Crippen molar-refractivity contribution in [2.75, 3.05) is 25.5 Å². The first-order chi connectivity index (χ1) is 17.8. The molecule has 2 aromatic heterocycles. The normalized spacial score (nSPS) is 15.6. The lowest BCUT2D eigenvalue weighted by Crippen LogP contribution is -2.34. The van der Waals surface area contributed by atoms with Crippen LogP contribution in [0.5, 0.6) is 11.5 Å². The van der Waals surface area contributed by atoms with E-state index in [2.05, 4.69) is 24.9 Å². The molecule has 1 N–H and O–H groups in total. The molecule has 1 aromatic carbocycles. The zero-order valence-corrected chi connectivity index (χ0v) is 22.7. The van der Waals surface area contributed by atoms with Gasteiger partial charge in [-0.05, 0) is 50.8 Å². The minimum Gasteiger partial charge on any atom is -0.494 e. The van der Waals surface area contributed by atoms with E-state index in [1.54, 1.807) is 56.3 Å². The molecule has 3 aromatic rings. The third kappa shape index (κ3) is 5.54. The molecular weight excluding hydrogens is 496 g/mol. The van der Waals surface area contributed by atoms with Crippen LogP contribution in [0.1, 0.15) is 68.8 Å². The molecule has 0 saturated heterocycles. The summed E-state index contributed by atoms with van der Waals surface area (Å²) < 4.78 is 48.9. The number of para-hydroxylation sites is 1. The topological polar surface area (TPSA) is 130 Å². The van der Waals surface area contributed by atoms with E-state index in [9.17, 15) is 8.42 Å². The Hall–Kier alpha value is -3.25. The Morgan fingerprint density at radius 3 is 2.30 bits per heavy atom. The molecular formula is C25H34N6O5S. The molecule has 0 radical (unpaired) electrons. The number of sulfonamides is 1. The summed E-state index contributed by atoms with van der Waals surface area (Å²) in [5.41, 5.74) is 1.40. The summed E-state index contributed by atoms with van der Waals surface area (Å²) in [6.07, 6.45) is 6.09. The largest absolute Gasteiger partial charge is 0.494 e. The van der Waals surface area contributed by atoms with Gasteiger partial charge < -0.3 is 14.2 Å². The summed E-state index contributed by atoms with van der Waals surface area (Å²) >= 11 is 0. The highest BCUT2D eigenvalue weighted by Gasteiger charge is 2.36. The van der Waals surface area contributed by atoms with E-state index in [0.29, 0.717) is 35.4 Å². The second kappa shape index (κ2) is 11.4. The number of hydrogen-bond acceptors (Lipinski definition) is 9. The summed E-state index contributed by atoms with van der Waals surface area (Å²) in [6.45, 7) is 5.76. The lowest BCUT2D eigenvalue weighted by Gasteiger charge is -2.27. The molecule has 4 rings (SSSR count). The molecule has 37 heavy (non-hydrogen) atoms. The fraction of sp³-hybridized carbons (Fsp3) is 0.520. The van der Waals surface area contributed by atoms with Gasteiger partial charge in [0.15, 0.2) is 5.82 Å². The van der Waals surface area contributed by atoms with Crippen molar-refractivity contribution in [1.29, 1.82) is 0 Å². The van der Waals surface area contributed by atoms with Gasteiger partial charge in [0.1, 0.15) is 34.4 Å². The van der Waals surface area contributed by atoms with Gasteiger partial charge >= 0.3 is 0 Å². The number of nitrogens with one attached hydrogen (secondary N) is 1. The highest BCUT2D eigenvalue weighted by molar-refractivity contribution is 7.93. The number of aromatic nitrogens is 5. The van der Waals surface area contributed by atoms with Crippen molar-refractivity contribution in [2.45, 2.75) is 63.7 Å². The van der Waals surface area contributed by atoms with Crippen LogP contribution in [0.3, 0.4) is 0 Å². The number of anilines is 1. The second-order valence-corrected chi connectivity index (χ2v) is 11.2. The lowest BCUT2D eigenvalue weighted by atomic mass is 9.85. The molecule has 0 amide bonds. The van der Waals surface area contributed by atoms with Crippen LogP contribution in [0.15, 0.2) is 30.6 Å². The Morgan fingerprint density at radius 2 is 1.76 bits per heavy atom. The molecule has 1 fully saturated rings. The molecule has 0 aliphatic heterocycles. The average molecular weight is 531 g/mol. The monoisotopic (exact) mass is 530 g/mol. The molecule has 1 aliphatic carbocycles. The van der Waals surface area contributed by atoms with Gasteiger partial charge in [0.05, 0.1) is 14.2 Å². The van der Waals surface area contributed by atoms with Crippen molar-refractivity contribution < 1.29 is 22.6 Å². The summed E-state index contributed by atoms with van der Waals surface area (Å²) in [5.74, 6) is 2.17. The first-order valence-electron chi connectivity index (χ1n) is 12.4. The van der Waals surface area contributed by atoms with Crippen LogP contribution in [0, 0.1) is 6.92 Å². The molecule has 2 heterocycles. The lowest BCUT2D eigenvalue weighted by molar-refractivity contribution is 0.0466. The molecule has 1 saturated carbocycles. The smallest absolute Gasteiger partial charge is 0.243 e. The van der Waals surface area contributed by atoms with Gasteiger partial charge in [-0.3, -0.25) is 9.29 Å². The van der Waals surface area contributed by atoms with E-state index in [0.717, 1.165) is 31.2 Å². The Balaban J connectivity index is 1.75. The van der Waals surface area contributed by atoms with E-state index in [-0.39, 0.29) is 11.9 Å². The summed E-state index contributed by atoms with van der Waals surface area (Å²) in [6, 6.07) is 5.37. The summed E-state index contributed by atoms with van der Waals surface area (Å²) in [5, 5.41) is 7.62. The van der Waals surface area contributed by atoms with Crippen molar-refractivity contribution in [3.8, 4) is 17.2 Å². The van der Waals surface area contributed by atoms with E-state index in [1.807, 2.05) is 13.8 Å². The quantitative estimate of drug-likeness (QED) is 0.370. The fourth-order valence-electron chi connectivity index (χ4n) is 4.16. The van der Waals surface area contributed by atoms with Gasteiger partial charge in [0.25, 0.3) is 0 Å². The minimum atomic E-state index is -4.03. The van der Waals surface area contributed by atoms with Gasteiger partial charge in [-0.1, -0.05) is 19.4 Å². The van der Waals surface area contributed by atoms with Crippen LogP contribution in [0.2, 0.25) is 0 Å². The molecule has 1 aliphatic rings. The molecule has 0 spiro atoms. The number of benzene rings is 1. The zero-order valence-electron chi connectivity index (χ0n) is 21.8. The van der Waals surface area contributed by atoms with E-state index >= 15 is 0 Å². The van der Waals surface area contributed by atoms with E-state index < -0.39 is 21.4 Å². The maximum absolute atomic E-state index is 13.7. The molecule has 2 atom stereocenters. The Bertz CT molecular complexity index is 1290. The summed E-state index contributed by atoms with van der Waals surface area (Å²) in [7, 11) is -0.931. The first-order valence-corrected chi connectivity index (χ1v) is 13.9. The molecule has 0 bridgehead atoms. The summed E-state index contributed by atoms with van der Waals surface area (Å²) in [4.78, 5) is 8.67. The van der Waals surface area contributed by atoms with Crippen molar-refractivity contribution in [2.24, 2.45) is 0 Å². The van der Waals surface area contributed by atoms with Gasteiger partial charge in [-0.2, -0.15) is 0 Å². The fourth-order valence-corrected chi connectivity index (χ4v) is 5.26. The number of methoxy groups -OCH3 is 2. The number of aryl methyl sites for hydroxylation is 1. The van der Waals surface area contributed by atoms with Crippen LogP contribution < -0.4 is 14.2 Å². The van der Waals surface area contributed by atoms with E-state index in [4.69, 9.17) is 14.2 Å². The van der Waals surface area contributed by atoms with Crippen molar-refractivity contribution in [1.82, 2.24) is 24.7 Å². The predicted molar refractivity (Wildman–Crippen MR) is 139 cm³/mol. The maximum atomic E-state index is 13.7. The molecule has 200 valence electrons. The molecule has 0 unspecified atom stereocenters. The number of hydrogen-bond donors (Lipinski definition) is 1. The predicted octanol–water partition coefficient (Wildman–Crippen LogP) is 3.95. The highest BCUT2D eigenvalue weighted by atomic mass is 32.2. The minimum absolute atomic E-state index is 0.0515. The number of nitrogens with zero attached hydrogens (tertiary/aromatic N) is 5. The zero-order chi connectivity index (χ0) is 26.6. The van der Waals surface area contributed by atoms with Gasteiger partial charge in [0, 0.05) is 24.9 Å². The van der Waals surface area contributed by atoms with Crippen molar-refractivity contribution in [3.63, 3.8) is 0 Å². The maximum Gasteiger partial charge on any atom is 0.243 e. The third-order valence-corrected chi connectivity index (χ3v) is 8.18. The number of ether oxygens (including phenoxy) is 3. The van der Waals surface area contributed by atoms with Crippen LogP contribution in [-0.4, -0.2) is 59.2 Å². The van der Waals surface area contributed by atoms with Crippen LogP contribution in [0.4, 0.5) is 5.95 Å². The second-order valence-electron chi connectivity index (χ2n) is 9.12.